The number of hydrogen-bond donors (Lipinski definition) is 0. The van der Waals surface area contributed by atoms with E-state index in [0.29, 0.717) is 21.7 Å². The summed E-state index contributed by atoms with van der Waals surface area (Å²) in [5.74, 6) is -0.242. The number of carbonyl (C=O) groups is 1. The number of esters is 1. The Kier molecular flexibility index (Phi) is 5.38. The molecule has 6 nitrogen and oxygen atoms in total. The fraction of sp³-hybridized carbons (Fsp3) is 0.296. The second kappa shape index (κ2) is 8.46. The summed E-state index contributed by atoms with van der Waals surface area (Å²) in [6, 6.07) is 9.79. The minimum Gasteiger partial charge on any atom is -0.462 e. The van der Waals surface area contributed by atoms with E-state index in [2.05, 4.69) is 15.6 Å². The lowest BCUT2D eigenvalue weighted by Gasteiger charge is -2.13. The van der Waals surface area contributed by atoms with Crippen molar-refractivity contribution >= 4 is 50.7 Å². The first-order valence-corrected chi connectivity index (χ1v) is 13.5. The molecule has 0 radical (unpaired) electrons. The first kappa shape index (κ1) is 22.2. The number of nitrogens with zero attached hydrogens (tertiary/aromatic N) is 3. The molecule has 0 saturated heterocycles. The summed E-state index contributed by atoms with van der Waals surface area (Å²) < 4.78 is 9.96. The Morgan fingerprint density at radius 2 is 1.97 bits per heavy atom. The summed E-state index contributed by atoms with van der Waals surface area (Å²) in [4.78, 5) is 32.9. The molecular weight excluding hydrogens is 478 g/mol. The van der Waals surface area contributed by atoms with Gasteiger partial charge in [0.25, 0.3) is 5.56 Å². The zero-order chi connectivity index (χ0) is 24.3. The molecule has 5 aromatic rings. The number of para-hydroxylation sites is 2. The maximum atomic E-state index is 13.3. The minimum atomic E-state index is -0.242. The summed E-state index contributed by atoms with van der Waals surface area (Å²) >= 11 is 3.11. The predicted molar refractivity (Wildman–Crippen MR) is 141 cm³/mol. The topological polar surface area (TPSA) is 65.6 Å². The lowest BCUT2D eigenvalue weighted by Crippen LogP contribution is -2.22. The van der Waals surface area contributed by atoms with E-state index in [4.69, 9.17) is 4.74 Å². The Balaban J connectivity index is 1.52. The van der Waals surface area contributed by atoms with Crippen LogP contribution in [0.2, 0.25) is 0 Å². The summed E-state index contributed by atoms with van der Waals surface area (Å²) in [6.07, 6.45) is 6.12. The van der Waals surface area contributed by atoms with Gasteiger partial charge in [0.15, 0.2) is 4.96 Å². The van der Waals surface area contributed by atoms with Crippen LogP contribution in [-0.2, 0) is 17.6 Å². The Bertz CT molecular complexity index is 1730. The van der Waals surface area contributed by atoms with E-state index in [1.165, 1.54) is 16.2 Å². The highest BCUT2D eigenvalue weighted by molar-refractivity contribution is 7.15. The van der Waals surface area contributed by atoms with Gasteiger partial charge >= 0.3 is 5.97 Å². The molecule has 0 atom stereocenters. The van der Waals surface area contributed by atoms with Gasteiger partial charge in [0.05, 0.1) is 27.7 Å². The SMILES string of the molecule is CCOC(=O)c1c(-n2c(C)cc(C=c3sc4nc5ccccc5n4c3=O)c2C)sc2c1CCCC2. The Hall–Kier alpha value is -3.23. The number of carbonyl (C=O) groups excluding carboxylic acids is 1. The maximum absolute atomic E-state index is 13.3. The molecule has 0 spiro atoms. The Morgan fingerprint density at radius 1 is 1.17 bits per heavy atom. The van der Waals surface area contributed by atoms with Crippen molar-refractivity contribution in [3.8, 4) is 5.00 Å². The molecule has 0 amide bonds. The normalized spacial score (nSPS) is 14.2. The number of imidazole rings is 1. The van der Waals surface area contributed by atoms with Crippen molar-refractivity contribution in [3.05, 3.63) is 78.2 Å². The quantitative estimate of drug-likeness (QED) is 0.325. The fourth-order valence-corrected chi connectivity index (χ4v) is 7.59. The van der Waals surface area contributed by atoms with E-state index in [0.717, 1.165) is 64.2 Å². The Labute approximate surface area is 210 Å². The summed E-state index contributed by atoms with van der Waals surface area (Å²) in [5, 5.41) is 0.930. The Morgan fingerprint density at radius 3 is 2.80 bits per heavy atom. The molecule has 178 valence electrons. The molecule has 0 bridgehead atoms. The molecule has 6 rings (SSSR count). The molecule has 1 aliphatic rings. The van der Waals surface area contributed by atoms with Gasteiger partial charge in [-0.3, -0.25) is 4.79 Å². The van der Waals surface area contributed by atoms with E-state index < -0.39 is 0 Å². The highest BCUT2D eigenvalue weighted by atomic mass is 32.1. The maximum Gasteiger partial charge on any atom is 0.341 e. The molecule has 4 aromatic heterocycles. The van der Waals surface area contributed by atoms with Crippen LogP contribution in [-0.4, -0.2) is 26.5 Å². The number of rotatable bonds is 4. The van der Waals surface area contributed by atoms with Crippen molar-refractivity contribution < 1.29 is 9.53 Å². The number of aromatic nitrogens is 3. The smallest absolute Gasteiger partial charge is 0.341 e. The number of ether oxygens (including phenoxy) is 1. The van der Waals surface area contributed by atoms with Crippen LogP contribution in [0.15, 0.2) is 35.1 Å². The van der Waals surface area contributed by atoms with E-state index in [1.807, 2.05) is 51.1 Å². The number of aryl methyl sites for hydroxylation is 2. The van der Waals surface area contributed by atoms with Gasteiger partial charge in [0, 0.05) is 16.3 Å². The van der Waals surface area contributed by atoms with Crippen LogP contribution >= 0.6 is 22.7 Å². The highest BCUT2D eigenvalue weighted by Gasteiger charge is 2.28. The molecule has 0 saturated carbocycles. The minimum absolute atomic E-state index is 0.0534. The van der Waals surface area contributed by atoms with Crippen LogP contribution < -0.4 is 10.1 Å². The number of benzene rings is 1. The summed E-state index contributed by atoms with van der Waals surface area (Å²) in [5.41, 5.74) is 6.47. The van der Waals surface area contributed by atoms with Crippen LogP contribution in [0.4, 0.5) is 0 Å². The largest absolute Gasteiger partial charge is 0.462 e. The van der Waals surface area contributed by atoms with Gasteiger partial charge in [-0.1, -0.05) is 23.5 Å². The van der Waals surface area contributed by atoms with E-state index >= 15 is 0 Å². The van der Waals surface area contributed by atoms with Crippen LogP contribution in [0.1, 0.15) is 57.5 Å². The molecule has 1 aliphatic carbocycles. The van der Waals surface area contributed by atoms with Crippen molar-refractivity contribution in [1.82, 2.24) is 14.0 Å². The van der Waals surface area contributed by atoms with Crippen molar-refractivity contribution in [2.45, 2.75) is 46.5 Å². The van der Waals surface area contributed by atoms with Crippen molar-refractivity contribution in [2.24, 2.45) is 0 Å². The van der Waals surface area contributed by atoms with Gasteiger partial charge in [-0.2, -0.15) is 0 Å². The molecule has 4 heterocycles. The molecule has 0 unspecified atom stereocenters. The van der Waals surface area contributed by atoms with Gasteiger partial charge in [-0.15, -0.1) is 11.3 Å². The van der Waals surface area contributed by atoms with E-state index in [-0.39, 0.29) is 11.5 Å². The molecular formula is C27H25N3O3S2. The monoisotopic (exact) mass is 503 g/mol. The van der Waals surface area contributed by atoms with Gasteiger partial charge in [-0.05, 0) is 81.9 Å². The number of thiazole rings is 1. The van der Waals surface area contributed by atoms with Crippen LogP contribution in [0.25, 0.3) is 27.1 Å². The highest BCUT2D eigenvalue weighted by Crippen LogP contribution is 2.39. The van der Waals surface area contributed by atoms with E-state index in [1.54, 1.807) is 15.7 Å². The molecule has 35 heavy (non-hydrogen) atoms. The molecule has 0 aliphatic heterocycles. The summed E-state index contributed by atoms with van der Waals surface area (Å²) in [6.45, 7) is 6.29. The van der Waals surface area contributed by atoms with Crippen molar-refractivity contribution in [2.75, 3.05) is 6.61 Å². The first-order chi connectivity index (χ1) is 17.0. The standard InChI is InChI=1S/C27H25N3O3S2/c1-4-33-26(32)23-18-9-5-8-12-21(18)34-25(23)29-15(2)13-17(16(29)3)14-22-24(31)30-20-11-7-6-10-19(20)28-27(30)35-22/h6-7,10-11,13-14H,4-5,8-9,12H2,1-3H3. The van der Waals surface area contributed by atoms with Crippen molar-refractivity contribution in [3.63, 3.8) is 0 Å². The first-order valence-electron chi connectivity index (χ1n) is 11.9. The second-order valence-corrected chi connectivity index (χ2v) is 11.0. The molecule has 0 N–H and O–H groups in total. The molecule has 0 fully saturated rings. The fourth-order valence-electron chi connectivity index (χ4n) is 5.12. The van der Waals surface area contributed by atoms with Gasteiger partial charge in [0.2, 0.25) is 0 Å². The molecule has 8 heteroatoms. The van der Waals surface area contributed by atoms with Gasteiger partial charge in [0.1, 0.15) is 5.00 Å². The van der Waals surface area contributed by atoms with Crippen LogP contribution in [0.3, 0.4) is 0 Å². The third kappa shape index (κ3) is 3.46. The van der Waals surface area contributed by atoms with E-state index in [9.17, 15) is 9.59 Å². The van der Waals surface area contributed by atoms with Crippen LogP contribution in [0, 0.1) is 13.8 Å². The van der Waals surface area contributed by atoms with Crippen LogP contribution in [0.5, 0.6) is 0 Å². The summed E-state index contributed by atoms with van der Waals surface area (Å²) in [7, 11) is 0. The average Bonchev–Trinajstić information content (AvgIpc) is 3.55. The number of fused-ring (bicyclic) bond motifs is 4. The van der Waals surface area contributed by atoms with Crippen molar-refractivity contribution in [1.29, 1.82) is 0 Å². The number of hydrogen-bond acceptors (Lipinski definition) is 6. The zero-order valence-corrected chi connectivity index (χ0v) is 21.5. The lowest BCUT2D eigenvalue weighted by atomic mass is 9.95. The second-order valence-electron chi connectivity index (χ2n) is 8.91. The third-order valence-corrected chi connectivity index (χ3v) is 8.98. The zero-order valence-electron chi connectivity index (χ0n) is 19.9. The average molecular weight is 504 g/mol. The third-order valence-electron chi connectivity index (χ3n) is 6.74. The lowest BCUT2D eigenvalue weighted by molar-refractivity contribution is 0.0525. The molecule has 1 aromatic carbocycles. The van der Waals surface area contributed by atoms with Gasteiger partial charge < -0.3 is 9.30 Å². The predicted octanol–water partition coefficient (Wildman–Crippen LogP) is 4.98. The van der Waals surface area contributed by atoms with Gasteiger partial charge in [-0.25, -0.2) is 14.2 Å². The number of thiophene rings is 1.